The van der Waals surface area contributed by atoms with Gasteiger partial charge in [0, 0.05) is 23.5 Å². The molecule has 4 aromatic rings. The van der Waals surface area contributed by atoms with Crippen LogP contribution < -0.4 is 9.47 Å². The van der Waals surface area contributed by atoms with Crippen molar-refractivity contribution in [3.05, 3.63) is 71.3 Å². The average molecular weight is 437 g/mol. The molecule has 2 heterocycles. The zero-order valence-corrected chi connectivity index (χ0v) is 19.1. The fourth-order valence-electron chi connectivity index (χ4n) is 3.40. The van der Waals surface area contributed by atoms with Gasteiger partial charge in [-0.25, -0.2) is 9.36 Å². The van der Waals surface area contributed by atoms with Crippen LogP contribution in [0.25, 0.3) is 11.4 Å². The van der Waals surface area contributed by atoms with Crippen LogP contribution in [0, 0.1) is 27.7 Å². The summed E-state index contributed by atoms with van der Waals surface area (Å²) in [7, 11) is 3.28. The van der Waals surface area contributed by atoms with E-state index in [-0.39, 0.29) is 11.5 Å². The van der Waals surface area contributed by atoms with E-state index >= 15 is 0 Å². The van der Waals surface area contributed by atoms with Crippen LogP contribution in [0.5, 0.6) is 23.0 Å². The first-order chi connectivity index (χ1) is 15.2. The molecule has 8 nitrogen and oxygen atoms in total. The minimum Gasteiger partial charge on any atom is -0.508 e. The van der Waals surface area contributed by atoms with Gasteiger partial charge in [-0.15, -0.1) is 0 Å². The lowest BCUT2D eigenvalue weighted by Gasteiger charge is -2.11. The van der Waals surface area contributed by atoms with Crippen LogP contribution in [0.3, 0.4) is 0 Å². The number of hydrogen-bond donors (Lipinski definition) is 2. The van der Waals surface area contributed by atoms with E-state index in [2.05, 4.69) is 10.2 Å². The van der Waals surface area contributed by atoms with Gasteiger partial charge in [0.05, 0.1) is 25.6 Å². The Hall–Kier alpha value is -3.94. The minimum absolute atomic E-state index is 0.0150. The van der Waals surface area contributed by atoms with Crippen molar-refractivity contribution in [1.29, 1.82) is 0 Å². The molecule has 2 aromatic heterocycles. The molecule has 4 rings (SSSR count). The van der Waals surface area contributed by atoms with Gasteiger partial charge in [0.2, 0.25) is 0 Å². The average Bonchev–Trinajstić information content (AvgIpc) is 3.27. The number of phenols is 2. The molecule has 0 saturated carbocycles. The van der Waals surface area contributed by atoms with Crippen LogP contribution in [0.15, 0.2) is 48.5 Å². The highest BCUT2D eigenvalue weighted by Crippen LogP contribution is 2.28. The molecule has 0 fully saturated rings. The fraction of sp³-hybridized carbons (Fsp3) is 0.250. The Bertz CT molecular complexity index is 1230. The van der Waals surface area contributed by atoms with E-state index in [1.165, 1.54) is 12.1 Å². The van der Waals surface area contributed by atoms with Crippen LogP contribution in [0.1, 0.15) is 22.8 Å². The Balaban J connectivity index is 0.000000182. The van der Waals surface area contributed by atoms with E-state index in [0.29, 0.717) is 5.69 Å². The number of aryl methyl sites for hydroxylation is 4. The first-order valence-corrected chi connectivity index (χ1v) is 10.0. The van der Waals surface area contributed by atoms with Gasteiger partial charge in [-0.2, -0.15) is 10.2 Å². The Kier molecular flexibility index (Phi) is 6.73. The van der Waals surface area contributed by atoms with Crippen molar-refractivity contribution in [1.82, 2.24) is 19.6 Å². The summed E-state index contributed by atoms with van der Waals surface area (Å²) in [5, 5.41) is 27.5. The number of hydrogen-bond acceptors (Lipinski definition) is 6. The van der Waals surface area contributed by atoms with Gasteiger partial charge in [-0.1, -0.05) is 0 Å². The third-order valence-corrected chi connectivity index (χ3v) is 4.82. The number of benzene rings is 2. The molecule has 0 aliphatic heterocycles. The summed E-state index contributed by atoms with van der Waals surface area (Å²) >= 11 is 0. The highest BCUT2D eigenvalue weighted by molar-refractivity contribution is 5.51. The monoisotopic (exact) mass is 436 g/mol. The summed E-state index contributed by atoms with van der Waals surface area (Å²) in [6.45, 7) is 7.79. The third kappa shape index (κ3) is 4.85. The summed E-state index contributed by atoms with van der Waals surface area (Å²) in [5.41, 5.74) is 5.37. The van der Waals surface area contributed by atoms with E-state index in [1.807, 2.05) is 62.7 Å². The first kappa shape index (κ1) is 22.7. The van der Waals surface area contributed by atoms with Crippen molar-refractivity contribution in [2.45, 2.75) is 27.7 Å². The molecule has 2 aromatic carbocycles. The molecule has 0 aliphatic rings. The summed E-state index contributed by atoms with van der Waals surface area (Å²) in [4.78, 5) is 0. The van der Waals surface area contributed by atoms with Crippen LogP contribution >= 0.6 is 0 Å². The molecule has 168 valence electrons. The second kappa shape index (κ2) is 9.47. The summed E-state index contributed by atoms with van der Waals surface area (Å²) in [6.07, 6.45) is 0. The van der Waals surface area contributed by atoms with Crippen LogP contribution in [0.2, 0.25) is 0 Å². The summed E-state index contributed by atoms with van der Waals surface area (Å²) in [6, 6.07) is 14.1. The molecule has 0 unspecified atom stereocenters. The van der Waals surface area contributed by atoms with Crippen molar-refractivity contribution < 1.29 is 19.7 Å². The van der Waals surface area contributed by atoms with Crippen molar-refractivity contribution in [3.8, 4) is 34.4 Å². The van der Waals surface area contributed by atoms with Crippen molar-refractivity contribution >= 4 is 0 Å². The second-order valence-corrected chi connectivity index (χ2v) is 7.39. The predicted octanol–water partition coefficient (Wildman–Crippen LogP) is 4.41. The Morgan fingerprint density at radius 2 is 1.25 bits per heavy atom. The fourth-order valence-corrected chi connectivity index (χ4v) is 3.40. The highest BCUT2D eigenvalue weighted by atomic mass is 16.5. The molecule has 0 saturated heterocycles. The third-order valence-electron chi connectivity index (χ3n) is 4.82. The Morgan fingerprint density at radius 1 is 0.688 bits per heavy atom. The number of aromatic nitrogens is 4. The van der Waals surface area contributed by atoms with Gasteiger partial charge < -0.3 is 19.7 Å². The standard InChI is InChI=1S/C13H16N2O2.C11H12N2O2/c1-9-7-10(2)15(14-9)12-6-5-11(16-3)8-13(12)17-4;1-7-5-8(2)13(12-7)10-4-3-9(14)6-11(10)15/h5-8H,1-4H3;3-6,14-15H,1-2H3. The van der Waals surface area contributed by atoms with E-state index < -0.39 is 0 Å². The minimum atomic E-state index is 0.0150. The van der Waals surface area contributed by atoms with Gasteiger partial charge in [0.15, 0.2) is 0 Å². The maximum absolute atomic E-state index is 9.66. The zero-order chi connectivity index (χ0) is 23.4. The number of nitrogens with zero attached hydrogens (tertiary/aromatic N) is 4. The number of aromatic hydroxyl groups is 2. The Morgan fingerprint density at radius 3 is 1.72 bits per heavy atom. The van der Waals surface area contributed by atoms with Crippen molar-refractivity contribution in [3.63, 3.8) is 0 Å². The second-order valence-electron chi connectivity index (χ2n) is 7.39. The number of rotatable bonds is 4. The smallest absolute Gasteiger partial charge is 0.148 e. The van der Waals surface area contributed by atoms with E-state index in [0.717, 1.165) is 40.0 Å². The molecule has 0 radical (unpaired) electrons. The normalized spacial score (nSPS) is 10.4. The molecule has 0 aliphatic carbocycles. The Labute approximate surface area is 187 Å². The molecular formula is C24H28N4O4. The highest BCUT2D eigenvalue weighted by Gasteiger charge is 2.11. The van der Waals surface area contributed by atoms with Crippen LogP contribution in [-0.4, -0.2) is 44.0 Å². The summed E-state index contributed by atoms with van der Waals surface area (Å²) in [5.74, 6) is 1.57. The largest absolute Gasteiger partial charge is 0.508 e. The lowest BCUT2D eigenvalue weighted by atomic mass is 10.2. The molecule has 2 N–H and O–H groups in total. The molecule has 0 spiro atoms. The molecule has 0 bridgehead atoms. The molecule has 0 atom stereocenters. The maximum atomic E-state index is 9.66. The van der Waals surface area contributed by atoms with Crippen molar-refractivity contribution in [2.24, 2.45) is 0 Å². The molecular weight excluding hydrogens is 408 g/mol. The van der Waals surface area contributed by atoms with E-state index in [4.69, 9.17) is 14.6 Å². The maximum Gasteiger partial charge on any atom is 0.148 e. The molecule has 32 heavy (non-hydrogen) atoms. The zero-order valence-electron chi connectivity index (χ0n) is 19.1. The molecule has 8 heteroatoms. The lowest BCUT2D eigenvalue weighted by molar-refractivity contribution is 0.392. The SMILES string of the molecule is COc1ccc(-n2nc(C)cc2C)c(OC)c1.Cc1cc(C)n(-c2ccc(O)cc2O)n1. The summed E-state index contributed by atoms with van der Waals surface area (Å²) < 4.78 is 14.1. The van der Waals surface area contributed by atoms with Crippen molar-refractivity contribution in [2.75, 3.05) is 14.2 Å². The van der Waals surface area contributed by atoms with Crippen LogP contribution in [0.4, 0.5) is 0 Å². The van der Waals surface area contributed by atoms with E-state index in [1.54, 1.807) is 25.0 Å². The quantitative estimate of drug-likeness (QED) is 0.492. The van der Waals surface area contributed by atoms with Gasteiger partial charge in [-0.3, -0.25) is 0 Å². The number of phenolic OH excluding ortho intramolecular Hbond substituents is 2. The van der Waals surface area contributed by atoms with E-state index in [9.17, 15) is 5.11 Å². The van der Waals surface area contributed by atoms with Gasteiger partial charge >= 0.3 is 0 Å². The van der Waals surface area contributed by atoms with Gasteiger partial charge in [0.1, 0.15) is 34.4 Å². The van der Waals surface area contributed by atoms with Gasteiger partial charge in [0.25, 0.3) is 0 Å². The number of ether oxygens (including phenoxy) is 2. The van der Waals surface area contributed by atoms with Gasteiger partial charge in [-0.05, 0) is 64.1 Å². The molecule has 0 amide bonds. The first-order valence-electron chi connectivity index (χ1n) is 10.0. The lowest BCUT2D eigenvalue weighted by Crippen LogP contribution is -2.02. The number of methoxy groups -OCH3 is 2. The topological polar surface area (TPSA) is 94.6 Å². The van der Waals surface area contributed by atoms with Crippen LogP contribution in [-0.2, 0) is 0 Å². The predicted molar refractivity (Wildman–Crippen MR) is 123 cm³/mol.